The molecule has 0 saturated carbocycles. The molecule has 166 valence electrons. The number of fused-ring (bicyclic) bond motifs is 1. The van der Waals surface area contributed by atoms with E-state index in [0.29, 0.717) is 57.1 Å². The van der Waals surface area contributed by atoms with Gasteiger partial charge in [-0.1, -0.05) is 12.1 Å². The molecular weight excluding hydrogens is 401 g/mol. The number of carbonyl (C=O) groups is 2. The summed E-state index contributed by atoms with van der Waals surface area (Å²) in [5.74, 6) is 0.894. The summed E-state index contributed by atoms with van der Waals surface area (Å²) >= 11 is 0. The Labute approximate surface area is 181 Å². The van der Waals surface area contributed by atoms with Crippen LogP contribution < -0.4 is 0 Å². The molecule has 7 nitrogen and oxygen atoms in total. The zero-order valence-corrected chi connectivity index (χ0v) is 18.0. The van der Waals surface area contributed by atoms with Gasteiger partial charge in [0.2, 0.25) is 5.91 Å². The van der Waals surface area contributed by atoms with E-state index in [9.17, 15) is 14.0 Å². The molecule has 0 N–H and O–H groups in total. The van der Waals surface area contributed by atoms with Crippen molar-refractivity contribution >= 4 is 11.8 Å². The Morgan fingerprint density at radius 2 is 1.84 bits per heavy atom. The third kappa shape index (κ3) is 4.80. The van der Waals surface area contributed by atoms with Gasteiger partial charge in [-0.2, -0.15) is 0 Å². The van der Waals surface area contributed by atoms with Crippen LogP contribution in [-0.2, 0) is 29.0 Å². The van der Waals surface area contributed by atoms with Crippen LogP contribution in [0.2, 0.25) is 0 Å². The summed E-state index contributed by atoms with van der Waals surface area (Å²) in [6, 6.07) is 6.48. The number of likely N-dealkylation sites (N-methyl/N-ethyl adjacent to an activating group) is 1. The molecule has 2 amide bonds. The number of hydrogen-bond donors (Lipinski definition) is 0. The average Bonchev–Trinajstić information content (AvgIpc) is 3.10. The molecule has 0 aliphatic carbocycles. The molecule has 2 aromatic rings. The molecule has 1 saturated heterocycles. The van der Waals surface area contributed by atoms with Gasteiger partial charge < -0.3 is 19.0 Å². The van der Waals surface area contributed by atoms with Crippen LogP contribution in [0.5, 0.6) is 0 Å². The highest BCUT2D eigenvalue weighted by atomic mass is 19.1. The lowest BCUT2D eigenvalue weighted by Crippen LogP contribution is -2.46. The number of furan rings is 1. The van der Waals surface area contributed by atoms with E-state index in [-0.39, 0.29) is 24.2 Å². The fraction of sp³-hybridized carbons (Fsp3) is 0.478. The smallest absolute Gasteiger partial charge is 0.257 e. The highest BCUT2D eigenvalue weighted by Gasteiger charge is 2.31. The molecule has 1 aromatic heterocycles. The first-order valence-electron chi connectivity index (χ1n) is 10.6. The number of nitrogens with zero attached hydrogens (tertiary/aromatic N) is 3. The van der Waals surface area contributed by atoms with Crippen molar-refractivity contribution in [3.05, 3.63) is 58.3 Å². The van der Waals surface area contributed by atoms with E-state index < -0.39 is 0 Å². The maximum absolute atomic E-state index is 13.2. The molecule has 3 heterocycles. The second-order valence-corrected chi connectivity index (χ2v) is 8.18. The van der Waals surface area contributed by atoms with Crippen molar-refractivity contribution in [1.29, 1.82) is 0 Å². The summed E-state index contributed by atoms with van der Waals surface area (Å²) in [6.45, 7) is 6.04. The molecule has 8 heteroatoms. The largest absolute Gasteiger partial charge is 0.465 e. The lowest BCUT2D eigenvalue weighted by Gasteiger charge is -2.29. The van der Waals surface area contributed by atoms with Gasteiger partial charge in [0.1, 0.15) is 17.3 Å². The van der Waals surface area contributed by atoms with Crippen LogP contribution in [0, 0.1) is 12.7 Å². The van der Waals surface area contributed by atoms with Crippen LogP contribution in [0.1, 0.15) is 33.0 Å². The van der Waals surface area contributed by atoms with Crippen molar-refractivity contribution < 1.29 is 23.1 Å². The van der Waals surface area contributed by atoms with Crippen molar-refractivity contribution in [3.63, 3.8) is 0 Å². The Hall–Kier alpha value is -2.71. The van der Waals surface area contributed by atoms with Crippen LogP contribution in [0.25, 0.3) is 0 Å². The van der Waals surface area contributed by atoms with Gasteiger partial charge in [0, 0.05) is 51.8 Å². The highest BCUT2D eigenvalue weighted by Crippen LogP contribution is 2.29. The number of aryl methyl sites for hydroxylation is 1. The minimum atomic E-state index is -0.252. The molecule has 4 rings (SSSR count). The van der Waals surface area contributed by atoms with E-state index in [1.165, 1.54) is 17.0 Å². The number of carbonyl (C=O) groups excluding carboxylic acids is 2. The second-order valence-electron chi connectivity index (χ2n) is 8.18. The third-order valence-corrected chi connectivity index (χ3v) is 5.92. The summed E-state index contributed by atoms with van der Waals surface area (Å²) in [4.78, 5) is 31.2. The Bertz CT molecular complexity index is 950. The first-order valence-corrected chi connectivity index (χ1v) is 10.6. The standard InChI is InChI=1S/C23H28FN3O4/c1-16-22(23(29)25(2)15-21(28)27-9-11-30-12-10-27)19-14-26(8-7-20(19)31-16)13-17-3-5-18(24)6-4-17/h3-6H,7-15H2,1-2H3. The fourth-order valence-corrected chi connectivity index (χ4v) is 4.22. The van der Waals surface area contributed by atoms with E-state index in [1.54, 1.807) is 31.0 Å². The number of amides is 2. The summed E-state index contributed by atoms with van der Waals surface area (Å²) in [7, 11) is 1.65. The van der Waals surface area contributed by atoms with Crippen LogP contribution in [0.15, 0.2) is 28.7 Å². The molecule has 0 bridgehead atoms. The quantitative estimate of drug-likeness (QED) is 0.729. The molecule has 0 unspecified atom stereocenters. The maximum atomic E-state index is 13.2. The maximum Gasteiger partial charge on any atom is 0.257 e. The normalized spacial score (nSPS) is 16.8. The predicted octanol–water partition coefficient (Wildman–Crippen LogP) is 2.22. The Kier molecular flexibility index (Phi) is 6.38. The average molecular weight is 429 g/mol. The third-order valence-electron chi connectivity index (χ3n) is 5.92. The van der Waals surface area contributed by atoms with Crippen molar-refractivity contribution in [3.8, 4) is 0 Å². The predicted molar refractivity (Wildman–Crippen MR) is 112 cm³/mol. The first kappa shape index (κ1) is 21.5. The van der Waals surface area contributed by atoms with Crippen LogP contribution in [0.4, 0.5) is 4.39 Å². The molecule has 2 aliphatic rings. The van der Waals surface area contributed by atoms with Crippen molar-refractivity contribution in [1.82, 2.24) is 14.7 Å². The highest BCUT2D eigenvalue weighted by molar-refractivity contribution is 5.98. The van der Waals surface area contributed by atoms with E-state index >= 15 is 0 Å². The molecule has 1 fully saturated rings. The molecular formula is C23H28FN3O4. The number of morpholine rings is 1. The SMILES string of the molecule is Cc1oc2c(c1C(=O)N(C)CC(=O)N1CCOCC1)CN(Cc1ccc(F)cc1)CC2. The minimum Gasteiger partial charge on any atom is -0.465 e. The summed E-state index contributed by atoms with van der Waals surface area (Å²) in [5, 5.41) is 0. The van der Waals surface area contributed by atoms with Gasteiger partial charge in [0.25, 0.3) is 5.91 Å². The molecule has 0 spiro atoms. The van der Waals surface area contributed by atoms with Gasteiger partial charge in [0.05, 0.1) is 25.3 Å². The summed E-state index contributed by atoms with van der Waals surface area (Å²) in [5.41, 5.74) is 2.46. The first-order chi connectivity index (χ1) is 14.9. The molecule has 31 heavy (non-hydrogen) atoms. The van der Waals surface area contributed by atoms with Crippen molar-refractivity contribution in [2.45, 2.75) is 26.4 Å². The minimum absolute atomic E-state index is 0.0253. The molecule has 1 aromatic carbocycles. The lowest BCUT2D eigenvalue weighted by atomic mass is 10.0. The summed E-state index contributed by atoms with van der Waals surface area (Å²) < 4.78 is 24.4. The number of hydrogen-bond acceptors (Lipinski definition) is 5. The Balaban J connectivity index is 1.45. The fourth-order valence-electron chi connectivity index (χ4n) is 4.22. The van der Waals surface area contributed by atoms with Crippen LogP contribution >= 0.6 is 0 Å². The van der Waals surface area contributed by atoms with Gasteiger partial charge in [-0.05, 0) is 24.6 Å². The van der Waals surface area contributed by atoms with Gasteiger partial charge in [-0.25, -0.2) is 4.39 Å². The van der Waals surface area contributed by atoms with Crippen LogP contribution in [-0.4, -0.2) is 73.0 Å². The lowest BCUT2D eigenvalue weighted by molar-refractivity contribution is -0.135. The van der Waals surface area contributed by atoms with Crippen molar-refractivity contribution in [2.75, 3.05) is 46.4 Å². The Morgan fingerprint density at radius 1 is 1.13 bits per heavy atom. The number of rotatable bonds is 5. The van der Waals surface area contributed by atoms with E-state index in [4.69, 9.17) is 9.15 Å². The van der Waals surface area contributed by atoms with E-state index in [0.717, 1.165) is 23.4 Å². The van der Waals surface area contributed by atoms with Gasteiger partial charge in [0.15, 0.2) is 0 Å². The number of benzene rings is 1. The van der Waals surface area contributed by atoms with E-state index in [1.807, 2.05) is 0 Å². The molecule has 0 radical (unpaired) electrons. The van der Waals surface area contributed by atoms with Gasteiger partial charge in [-0.15, -0.1) is 0 Å². The summed E-state index contributed by atoms with van der Waals surface area (Å²) in [6.07, 6.45) is 0.709. The zero-order valence-electron chi connectivity index (χ0n) is 18.0. The van der Waals surface area contributed by atoms with Gasteiger partial charge >= 0.3 is 0 Å². The zero-order chi connectivity index (χ0) is 22.0. The van der Waals surface area contributed by atoms with Crippen LogP contribution in [0.3, 0.4) is 0 Å². The number of halogens is 1. The Morgan fingerprint density at radius 3 is 2.55 bits per heavy atom. The van der Waals surface area contributed by atoms with E-state index in [2.05, 4.69) is 4.90 Å². The molecule has 0 atom stereocenters. The number of ether oxygens (including phenoxy) is 1. The molecule has 2 aliphatic heterocycles. The van der Waals surface area contributed by atoms with Crippen molar-refractivity contribution in [2.24, 2.45) is 0 Å². The monoisotopic (exact) mass is 429 g/mol. The topological polar surface area (TPSA) is 66.2 Å². The second kappa shape index (κ2) is 9.20. The van der Waals surface area contributed by atoms with Gasteiger partial charge in [-0.3, -0.25) is 14.5 Å².